The molecule has 0 aromatic heterocycles. The van der Waals surface area contributed by atoms with E-state index < -0.39 is 0 Å². The van der Waals surface area contributed by atoms with Crippen LogP contribution < -0.4 is 16.0 Å². The molecule has 0 bridgehead atoms. The predicted octanol–water partition coefficient (Wildman–Crippen LogP) is 4.83. The summed E-state index contributed by atoms with van der Waals surface area (Å²) in [7, 11) is 0. The van der Waals surface area contributed by atoms with Gasteiger partial charge in [0.2, 0.25) is 0 Å². The maximum Gasteiger partial charge on any atom is 0.170 e. The molecule has 1 saturated carbocycles. The zero-order valence-electron chi connectivity index (χ0n) is 15.4. The zero-order valence-corrected chi connectivity index (χ0v) is 16.2. The van der Waals surface area contributed by atoms with Crippen molar-refractivity contribution in [3.8, 4) is 0 Å². The van der Waals surface area contributed by atoms with Gasteiger partial charge >= 0.3 is 0 Å². The van der Waals surface area contributed by atoms with Crippen molar-refractivity contribution in [3.05, 3.63) is 29.8 Å². The fourth-order valence-corrected chi connectivity index (χ4v) is 3.85. The van der Waals surface area contributed by atoms with Crippen LogP contribution in [0.2, 0.25) is 0 Å². The quantitative estimate of drug-likeness (QED) is 0.618. The second-order valence-electron chi connectivity index (χ2n) is 7.43. The van der Waals surface area contributed by atoms with Gasteiger partial charge < -0.3 is 16.0 Å². The summed E-state index contributed by atoms with van der Waals surface area (Å²) in [6.45, 7) is 7.37. The lowest BCUT2D eigenvalue weighted by Crippen LogP contribution is -2.34. The molecule has 3 nitrogen and oxygen atoms in total. The van der Waals surface area contributed by atoms with E-state index in [9.17, 15) is 0 Å². The number of benzene rings is 1. The second kappa shape index (κ2) is 10.00. The van der Waals surface area contributed by atoms with Crippen molar-refractivity contribution in [1.82, 2.24) is 10.6 Å². The van der Waals surface area contributed by atoms with Crippen LogP contribution in [0.25, 0.3) is 0 Å². The van der Waals surface area contributed by atoms with Gasteiger partial charge in [-0.05, 0) is 57.0 Å². The summed E-state index contributed by atoms with van der Waals surface area (Å²) in [6.07, 6.45) is 8.40. The van der Waals surface area contributed by atoms with Crippen LogP contribution in [0, 0.1) is 5.92 Å². The maximum atomic E-state index is 5.37. The lowest BCUT2D eigenvalue weighted by Gasteiger charge is -2.25. The van der Waals surface area contributed by atoms with Gasteiger partial charge in [0.25, 0.3) is 0 Å². The largest absolute Gasteiger partial charge is 0.360 e. The molecule has 1 fully saturated rings. The molecule has 0 amide bonds. The molecule has 0 spiro atoms. The van der Waals surface area contributed by atoms with Gasteiger partial charge in [-0.3, -0.25) is 0 Å². The predicted molar refractivity (Wildman–Crippen MR) is 108 cm³/mol. The Balaban J connectivity index is 1.84. The van der Waals surface area contributed by atoms with Crippen molar-refractivity contribution in [3.63, 3.8) is 0 Å². The summed E-state index contributed by atoms with van der Waals surface area (Å²) >= 11 is 5.37. The fraction of sp³-hybridized carbons (Fsp3) is 0.650. The normalized spacial score (nSPS) is 16.8. The first-order valence-electron chi connectivity index (χ1n) is 9.43. The van der Waals surface area contributed by atoms with Crippen LogP contribution in [0.4, 0.5) is 5.69 Å². The summed E-state index contributed by atoms with van der Waals surface area (Å²) in [5.74, 6) is 0.914. The van der Waals surface area contributed by atoms with Crippen LogP contribution in [0.1, 0.15) is 64.9 Å². The summed E-state index contributed by atoms with van der Waals surface area (Å²) < 4.78 is 0. The Kier molecular flexibility index (Phi) is 8.00. The van der Waals surface area contributed by atoms with Crippen molar-refractivity contribution >= 4 is 23.0 Å². The van der Waals surface area contributed by atoms with Crippen molar-refractivity contribution in [2.75, 3.05) is 5.32 Å². The van der Waals surface area contributed by atoms with Gasteiger partial charge in [-0.2, -0.15) is 0 Å². The maximum absolute atomic E-state index is 5.37. The number of para-hydroxylation sites is 1. The van der Waals surface area contributed by atoms with Crippen LogP contribution in [0.15, 0.2) is 24.3 Å². The number of hydrogen-bond donors (Lipinski definition) is 3. The minimum atomic E-state index is 0.339. The minimum Gasteiger partial charge on any atom is -0.360 e. The average Bonchev–Trinajstić information content (AvgIpc) is 2.54. The average molecular weight is 348 g/mol. The topological polar surface area (TPSA) is 36.1 Å². The number of nitrogens with one attached hydrogen (secondary N) is 3. The Morgan fingerprint density at radius 1 is 1.12 bits per heavy atom. The molecule has 0 unspecified atom stereocenters. The minimum absolute atomic E-state index is 0.339. The molecule has 1 aromatic carbocycles. The molecule has 2 rings (SSSR count). The van der Waals surface area contributed by atoms with Crippen LogP contribution in [0.5, 0.6) is 0 Å². The Morgan fingerprint density at radius 3 is 2.54 bits per heavy atom. The van der Waals surface area contributed by atoms with E-state index in [2.05, 4.69) is 61.0 Å². The molecule has 3 N–H and O–H groups in total. The van der Waals surface area contributed by atoms with Gasteiger partial charge in [0.1, 0.15) is 0 Å². The molecule has 4 heteroatoms. The SMILES string of the molecule is CC(C)NC(=S)Nc1ccccc1CN[C@@H](C)CC1CCCCC1. The molecule has 0 radical (unpaired) electrons. The summed E-state index contributed by atoms with van der Waals surface area (Å²) in [5, 5.41) is 10.9. The number of thiocarbonyl (C=S) groups is 1. The third-order valence-electron chi connectivity index (χ3n) is 4.74. The molecule has 1 aliphatic rings. The van der Waals surface area contributed by atoms with E-state index >= 15 is 0 Å². The van der Waals surface area contributed by atoms with E-state index in [0.29, 0.717) is 17.2 Å². The Hall–Kier alpha value is -1.13. The highest BCUT2D eigenvalue weighted by Crippen LogP contribution is 2.27. The van der Waals surface area contributed by atoms with E-state index in [0.717, 1.165) is 18.2 Å². The van der Waals surface area contributed by atoms with E-state index in [1.165, 1.54) is 44.1 Å². The molecule has 0 saturated heterocycles. The van der Waals surface area contributed by atoms with Crippen molar-refractivity contribution in [2.45, 2.75) is 77.9 Å². The monoisotopic (exact) mass is 347 g/mol. The van der Waals surface area contributed by atoms with Crippen molar-refractivity contribution < 1.29 is 0 Å². The molecule has 0 aliphatic heterocycles. The fourth-order valence-electron chi connectivity index (χ4n) is 3.51. The molecule has 24 heavy (non-hydrogen) atoms. The molecule has 1 aromatic rings. The third-order valence-corrected chi connectivity index (χ3v) is 4.96. The van der Waals surface area contributed by atoms with Crippen molar-refractivity contribution in [1.29, 1.82) is 0 Å². The Labute approximate surface area is 153 Å². The first-order valence-corrected chi connectivity index (χ1v) is 9.84. The summed E-state index contributed by atoms with van der Waals surface area (Å²) in [6, 6.07) is 9.30. The van der Waals surface area contributed by atoms with E-state index in [1.54, 1.807) is 0 Å². The lowest BCUT2D eigenvalue weighted by atomic mass is 9.85. The number of hydrogen-bond acceptors (Lipinski definition) is 2. The van der Waals surface area contributed by atoms with Crippen LogP contribution >= 0.6 is 12.2 Å². The van der Waals surface area contributed by atoms with Gasteiger partial charge in [0.05, 0.1) is 0 Å². The van der Waals surface area contributed by atoms with Gasteiger partial charge in [0, 0.05) is 24.3 Å². The molecule has 1 aliphatic carbocycles. The Bertz CT molecular complexity index is 509. The standard InChI is InChI=1S/C20H33N3S/c1-15(2)22-20(24)23-19-12-8-7-11-18(19)14-21-16(3)13-17-9-5-4-6-10-17/h7-8,11-12,15-17,21H,4-6,9-10,13-14H2,1-3H3,(H2,22,23,24)/t16-/m0/s1. The molecule has 134 valence electrons. The van der Waals surface area contributed by atoms with Gasteiger partial charge in [-0.1, -0.05) is 50.3 Å². The zero-order chi connectivity index (χ0) is 17.4. The van der Waals surface area contributed by atoms with Gasteiger partial charge in [-0.25, -0.2) is 0 Å². The first-order chi connectivity index (χ1) is 11.5. The molecule has 0 heterocycles. The van der Waals surface area contributed by atoms with Crippen LogP contribution in [0.3, 0.4) is 0 Å². The summed E-state index contributed by atoms with van der Waals surface area (Å²) in [4.78, 5) is 0. The molecular formula is C20H33N3S. The highest BCUT2D eigenvalue weighted by atomic mass is 32.1. The van der Waals surface area contributed by atoms with Crippen molar-refractivity contribution in [2.24, 2.45) is 5.92 Å². The van der Waals surface area contributed by atoms with E-state index in [-0.39, 0.29) is 0 Å². The highest BCUT2D eigenvalue weighted by molar-refractivity contribution is 7.80. The summed E-state index contributed by atoms with van der Waals surface area (Å²) in [5.41, 5.74) is 2.36. The van der Waals surface area contributed by atoms with Gasteiger partial charge in [0.15, 0.2) is 5.11 Å². The van der Waals surface area contributed by atoms with Crippen LogP contribution in [-0.2, 0) is 6.54 Å². The molecule has 1 atom stereocenters. The van der Waals surface area contributed by atoms with E-state index in [1.807, 2.05) is 0 Å². The smallest absolute Gasteiger partial charge is 0.170 e. The lowest BCUT2D eigenvalue weighted by molar-refractivity contribution is 0.305. The first kappa shape index (κ1) is 19.2. The van der Waals surface area contributed by atoms with E-state index in [4.69, 9.17) is 12.2 Å². The third kappa shape index (κ3) is 6.78. The second-order valence-corrected chi connectivity index (χ2v) is 7.84. The number of anilines is 1. The molecular weight excluding hydrogens is 314 g/mol. The Morgan fingerprint density at radius 2 is 1.83 bits per heavy atom. The number of rotatable bonds is 7. The highest BCUT2D eigenvalue weighted by Gasteiger charge is 2.16. The van der Waals surface area contributed by atoms with Gasteiger partial charge in [-0.15, -0.1) is 0 Å². The van der Waals surface area contributed by atoms with Crippen LogP contribution in [-0.4, -0.2) is 17.2 Å².